The molecule has 140 valence electrons. The van der Waals surface area contributed by atoms with E-state index >= 15 is 0 Å². The van der Waals surface area contributed by atoms with Crippen molar-refractivity contribution < 1.29 is 4.52 Å². The molecule has 3 aromatic heterocycles. The van der Waals surface area contributed by atoms with Gasteiger partial charge in [-0.3, -0.25) is 9.55 Å². The Bertz CT molecular complexity index is 1070. The van der Waals surface area contributed by atoms with Crippen molar-refractivity contribution in [1.29, 1.82) is 0 Å². The fourth-order valence-corrected chi connectivity index (χ4v) is 3.45. The zero-order valence-corrected chi connectivity index (χ0v) is 16.1. The molecule has 0 fully saturated rings. The molecule has 0 amide bonds. The van der Waals surface area contributed by atoms with Gasteiger partial charge in [-0.05, 0) is 19.1 Å². The van der Waals surface area contributed by atoms with Crippen molar-refractivity contribution in [2.24, 2.45) is 0 Å². The Hall–Kier alpha value is -3.26. The van der Waals surface area contributed by atoms with Crippen LogP contribution in [0.25, 0.3) is 22.8 Å². The van der Waals surface area contributed by atoms with Crippen LogP contribution in [0.15, 0.2) is 71.1 Å². The van der Waals surface area contributed by atoms with Crippen LogP contribution in [0.4, 0.5) is 0 Å². The second kappa shape index (κ2) is 8.18. The maximum atomic E-state index is 5.39. The van der Waals surface area contributed by atoms with E-state index in [1.807, 2.05) is 54.0 Å². The number of aryl methyl sites for hydroxylation is 1. The minimum absolute atomic E-state index is 0.504. The van der Waals surface area contributed by atoms with Crippen LogP contribution < -0.4 is 0 Å². The number of nitrogens with zero attached hydrogens (tertiary/aromatic N) is 6. The number of hydrogen-bond donors (Lipinski definition) is 0. The van der Waals surface area contributed by atoms with Gasteiger partial charge >= 0.3 is 0 Å². The first-order valence-electron chi connectivity index (χ1n) is 8.71. The molecule has 0 saturated heterocycles. The molecule has 0 saturated carbocycles. The largest absolute Gasteiger partial charge is 0.338 e. The van der Waals surface area contributed by atoms with Gasteiger partial charge < -0.3 is 4.52 Å². The third-order valence-corrected chi connectivity index (χ3v) is 5.02. The van der Waals surface area contributed by atoms with Crippen molar-refractivity contribution in [3.63, 3.8) is 0 Å². The van der Waals surface area contributed by atoms with Gasteiger partial charge in [0.25, 0.3) is 0 Å². The molecule has 8 heteroatoms. The molecule has 0 aliphatic heterocycles. The van der Waals surface area contributed by atoms with Gasteiger partial charge in [0.2, 0.25) is 11.7 Å². The monoisotopic (exact) mass is 390 g/mol. The Morgan fingerprint density at radius 3 is 2.61 bits per heavy atom. The first kappa shape index (κ1) is 18.1. The van der Waals surface area contributed by atoms with Gasteiger partial charge in [-0.1, -0.05) is 52.8 Å². The molecular formula is C20H18N6OS. The van der Waals surface area contributed by atoms with Crippen LogP contribution in [0, 0.1) is 6.92 Å². The number of aromatic nitrogens is 6. The summed E-state index contributed by atoms with van der Waals surface area (Å²) in [6, 6.07) is 11.8. The Labute approximate surface area is 166 Å². The van der Waals surface area contributed by atoms with E-state index in [4.69, 9.17) is 4.52 Å². The second-order valence-electron chi connectivity index (χ2n) is 6.11. The van der Waals surface area contributed by atoms with Crippen molar-refractivity contribution in [2.75, 3.05) is 0 Å². The standard InChI is InChI=1S/C20H18N6OS/c1-3-12-26-19(16-8-10-21-11-9-16)23-24-20(26)28-13-17-22-18(25-27-17)15-6-4-14(2)5-7-15/h3-11H,1,12-13H2,2H3. The van der Waals surface area contributed by atoms with Crippen LogP contribution in [0.2, 0.25) is 0 Å². The van der Waals surface area contributed by atoms with Gasteiger partial charge in [-0.25, -0.2) is 0 Å². The highest BCUT2D eigenvalue weighted by Crippen LogP contribution is 2.26. The van der Waals surface area contributed by atoms with Crippen LogP contribution in [-0.2, 0) is 12.3 Å². The molecule has 4 rings (SSSR count). The van der Waals surface area contributed by atoms with E-state index in [1.54, 1.807) is 12.4 Å². The second-order valence-corrected chi connectivity index (χ2v) is 7.05. The molecule has 28 heavy (non-hydrogen) atoms. The first-order valence-corrected chi connectivity index (χ1v) is 9.70. The summed E-state index contributed by atoms with van der Waals surface area (Å²) in [7, 11) is 0. The van der Waals surface area contributed by atoms with Gasteiger partial charge in [0.15, 0.2) is 11.0 Å². The van der Waals surface area contributed by atoms with Crippen molar-refractivity contribution >= 4 is 11.8 Å². The molecule has 0 aliphatic carbocycles. The molecule has 0 N–H and O–H groups in total. The van der Waals surface area contributed by atoms with E-state index in [2.05, 4.69) is 31.9 Å². The summed E-state index contributed by atoms with van der Waals surface area (Å²) in [4.78, 5) is 8.53. The molecule has 1 aromatic carbocycles. The van der Waals surface area contributed by atoms with Crippen LogP contribution in [0.3, 0.4) is 0 Å². The number of rotatable bonds is 7. The number of allylic oxidation sites excluding steroid dienone is 1. The van der Waals surface area contributed by atoms with Crippen LogP contribution in [0.1, 0.15) is 11.5 Å². The SMILES string of the molecule is C=CCn1c(SCc2nc(-c3ccc(C)cc3)no2)nnc1-c1ccncc1. The summed E-state index contributed by atoms with van der Waals surface area (Å²) in [6.07, 6.45) is 5.29. The molecular weight excluding hydrogens is 372 g/mol. The topological polar surface area (TPSA) is 82.5 Å². The lowest BCUT2D eigenvalue weighted by Gasteiger charge is -2.06. The average Bonchev–Trinajstić information content (AvgIpc) is 3.35. The highest BCUT2D eigenvalue weighted by molar-refractivity contribution is 7.98. The molecule has 0 unspecified atom stereocenters. The molecule has 7 nitrogen and oxygen atoms in total. The molecule has 0 aliphatic rings. The Morgan fingerprint density at radius 1 is 1.07 bits per heavy atom. The van der Waals surface area contributed by atoms with E-state index in [0.29, 0.717) is 24.0 Å². The smallest absolute Gasteiger partial charge is 0.237 e. The summed E-state index contributed by atoms with van der Waals surface area (Å²) in [5.41, 5.74) is 3.07. The Kier molecular flexibility index (Phi) is 5.29. The zero-order chi connectivity index (χ0) is 19.3. The van der Waals surface area contributed by atoms with Crippen LogP contribution >= 0.6 is 11.8 Å². The van der Waals surface area contributed by atoms with E-state index < -0.39 is 0 Å². The zero-order valence-electron chi connectivity index (χ0n) is 15.3. The Balaban J connectivity index is 1.52. The summed E-state index contributed by atoms with van der Waals surface area (Å²) >= 11 is 1.50. The van der Waals surface area contributed by atoms with Crippen LogP contribution in [-0.4, -0.2) is 29.9 Å². The number of pyridine rings is 1. The highest BCUT2D eigenvalue weighted by atomic mass is 32.2. The Morgan fingerprint density at radius 2 is 1.86 bits per heavy atom. The van der Waals surface area contributed by atoms with Gasteiger partial charge in [0.1, 0.15) is 0 Å². The predicted octanol–water partition coefficient (Wildman–Crippen LogP) is 4.18. The molecule has 3 heterocycles. The molecule has 0 bridgehead atoms. The van der Waals surface area contributed by atoms with E-state index in [-0.39, 0.29) is 0 Å². The number of thioether (sulfide) groups is 1. The predicted molar refractivity (Wildman–Crippen MR) is 107 cm³/mol. The maximum absolute atomic E-state index is 5.39. The third kappa shape index (κ3) is 3.86. The van der Waals surface area contributed by atoms with Crippen molar-refractivity contribution in [2.45, 2.75) is 24.4 Å². The lowest BCUT2D eigenvalue weighted by molar-refractivity contribution is 0.391. The van der Waals surface area contributed by atoms with E-state index in [1.165, 1.54) is 17.3 Å². The average molecular weight is 390 g/mol. The van der Waals surface area contributed by atoms with E-state index in [0.717, 1.165) is 22.1 Å². The number of hydrogen-bond acceptors (Lipinski definition) is 7. The lowest BCUT2D eigenvalue weighted by Crippen LogP contribution is -2.00. The van der Waals surface area contributed by atoms with Crippen molar-refractivity contribution in [1.82, 2.24) is 29.9 Å². The van der Waals surface area contributed by atoms with Crippen molar-refractivity contribution in [3.8, 4) is 22.8 Å². The molecule has 0 radical (unpaired) electrons. The van der Waals surface area contributed by atoms with Crippen molar-refractivity contribution in [3.05, 3.63) is 72.9 Å². The minimum atomic E-state index is 0.504. The van der Waals surface area contributed by atoms with Gasteiger partial charge in [0.05, 0.1) is 5.75 Å². The van der Waals surface area contributed by atoms with Gasteiger partial charge in [0, 0.05) is 30.1 Å². The summed E-state index contributed by atoms with van der Waals surface area (Å²) in [5, 5.41) is 13.5. The number of benzene rings is 1. The van der Waals surface area contributed by atoms with Gasteiger partial charge in [-0.2, -0.15) is 4.98 Å². The van der Waals surface area contributed by atoms with E-state index in [9.17, 15) is 0 Å². The quantitative estimate of drug-likeness (QED) is 0.346. The lowest BCUT2D eigenvalue weighted by atomic mass is 10.1. The van der Waals surface area contributed by atoms with Crippen LogP contribution in [0.5, 0.6) is 0 Å². The summed E-state index contributed by atoms with van der Waals surface area (Å²) in [5.74, 6) is 2.40. The summed E-state index contributed by atoms with van der Waals surface area (Å²) < 4.78 is 7.40. The maximum Gasteiger partial charge on any atom is 0.237 e. The molecule has 0 spiro atoms. The minimum Gasteiger partial charge on any atom is -0.338 e. The molecule has 4 aromatic rings. The fraction of sp³-hybridized carbons (Fsp3) is 0.150. The van der Waals surface area contributed by atoms with Gasteiger partial charge in [-0.15, -0.1) is 16.8 Å². The first-order chi connectivity index (χ1) is 13.7. The highest BCUT2D eigenvalue weighted by Gasteiger charge is 2.15. The fourth-order valence-electron chi connectivity index (χ4n) is 2.66. The third-order valence-electron chi connectivity index (χ3n) is 4.07. The summed E-state index contributed by atoms with van der Waals surface area (Å²) in [6.45, 7) is 6.48. The molecule has 0 atom stereocenters. The normalized spacial score (nSPS) is 10.9.